The van der Waals surface area contributed by atoms with Crippen LogP contribution in [-0.4, -0.2) is 39.8 Å². The van der Waals surface area contributed by atoms with E-state index in [1.807, 2.05) is 0 Å². The van der Waals surface area contributed by atoms with Gasteiger partial charge in [-0.25, -0.2) is 9.18 Å². The molecular weight excluding hydrogens is 387 g/mol. The quantitative estimate of drug-likeness (QED) is 0.482. The Hall–Kier alpha value is -2.96. The zero-order valence-electron chi connectivity index (χ0n) is 18.4. The third-order valence-electron chi connectivity index (χ3n) is 5.38. The van der Waals surface area contributed by atoms with Crippen molar-refractivity contribution in [1.29, 1.82) is 0 Å². The van der Waals surface area contributed by atoms with Crippen LogP contribution in [0.5, 0.6) is 0 Å². The predicted molar refractivity (Wildman–Crippen MR) is 112 cm³/mol. The zero-order chi connectivity index (χ0) is 22.6. The lowest BCUT2D eigenvalue weighted by molar-refractivity contribution is -0.132. The highest BCUT2D eigenvalue weighted by molar-refractivity contribution is 6.06. The summed E-state index contributed by atoms with van der Waals surface area (Å²) in [4.78, 5) is 39.9. The highest BCUT2D eigenvalue weighted by Gasteiger charge is 2.32. The Morgan fingerprint density at radius 2 is 1.73 bits per heavy atom. The smallest absolute Gasteiger partial charge is 0.355 e. The molecule has 1 amide bonds. The van der Waals surface area contributed by atoms with Crippen LogP contribution in [0, 0.1) is 19.7 Å². The van der Waals surface area contributed by atoms with Gasteiger partial charge in [0.05, 0.1) is 12.6 Å². The summed E-state index contributed by atoms with van der Waals surface area (Å²) in [6.45, 7) is 9.03. The molecule has 0 fully saturated rings. The Morgan fingerprint density at radius 3 is 2.27 bits per heavy atom. The second kappa shape index (κ2) is 9.69. The lowest BCUT2D eigenvalue weighted by atomic mass is 9.99. The van der Waals surface area contributed by atoms with E-state index in [4.69, 9.17) is 4.74 Å². The molecule has 0 aliphatic carbocycles. The second-order valence-electron chi connectivity index (χ2n) is 7.26. The first-order valence-electron chi connectivity index (χ1n) is 10.0. The molecule has 2 rings (SSSR count). The molecule has 0 aliphatic rings. The minimum atomic E-state index is -0.752. The molecule has 1 atom stereocenters. The molecule has 7 heteroatoms. The predicted octanol–water partition coefficient (Wildman–Crippen LogP) is 3.97. The van der Waals surface area contributed by atoms with Crippen LogP contribution in [0.25, 0.3) is 0 Å². The van der Waals surface area contributed by atoms with Crippen LogP contribution in [0.4, 0.5) is 4.39 Å². The van der Waals surface area contributed by atoms with Crippen molar-refractivity contribution in [3.63, 3.8) is 0 Å². The van der Waals surface area contributed by atoms with Gasteiger partial charge < -0.3 is 14.2 Å². The number of carbonyl (C=O) groups excluding carboxylic acids is 3. The van der Waals surface area contributed by atoms with Crippen molar-refractivity contribution in [1.82, 2.24) is 9.47 Å². The Kier molecular flexibility index (Phi) is 7.54. The SMILES string of the molecule is CCOC(=O)c1c(C)c(C(=O)C(C)N(Cc2ccc(F)cc2)C(=O)CC)c(C)n1C. The van der Waals surface area contributed by atoms with E-state index < -0.39 is 12.0 Å². The lowest BCUT2D eigenvalue weighted by Gasteiger charge is -2.28. The number of amides is 1. The van der Waals surface area contributed by atoms with Crippen LogP contribution in [0.1, 0.15) is 64.9 Å². The van der Waals surface area contributed by atoms with Gasteiger partial charge in [-0.05, 0) is 51.0 Å². The van der Waals surface area contributed by atoms with Crippen molar-refractivity contribution in [2.75, 3.05) is 6.61 Å². The van der Waals surface area contributed by atoms with Gasteiger partial charge in [-0.15, -0.1) is 0 Å². The van der Waals surface area contributed by atoms with Gasteiger partial charge >= 0.3 is 5.97 Å². The molecule has 0 saturated carbocycles. The molecule has 162 valence electrons. The molecule has 1 aromatic carbocycles. The normalized spacial score (nSPS) is 11.8. The second-order valence-corrected chi connectivity index (χ2v) is 7.26. The molecule has 0 spiro atoms. The van der Waals surface area contributed by atoms with E-state index in [9.17, 15) is 18.8 Å². The van der Waals surface area contributed by atoms with Crippen molar-refractivity contribution in [2.24, 2.45) is 7.05 Å². The molecular formula is C23H29FN2O4. The summed E-state index contributed by atoms with van der Waals surface area (Å²) in [7, 11) is 1.71. The number of ketones is 1. The number of nitrogens with zero attached hydrogens (tertiary/aromatic N) is 2. The van der Waals surface area contributed by atoms with E-state index >= 15 is 0 Å². The Balaban J connectivity index is 2.41. The number of ether oxygens (including phenoxy) is 1. The molecule has 2 aromatic rings. The average Bonchev–Trinajstić information content (AvgIpc) is 2.94. The van der Waals surface area contributed by atoms with Crippen LogP contribution < -0.4 is 0 Å². The zero-order valence-corrected chi connectivity index (χ0v) is 18.4. The van der Waals surface area contributed by atoms with Crippen molar-refractivity contribution in [3.8, 4) is 0 Å². The van der Waals surface area contributed by atoms with Crippen molar-refractivity contribution < 1.29 is 23.5 Å². The number of rotatable bonds is 8. The van der Waals surface area contributed by atoms with Gasteiger partial charge in [0, 0.05) is 31.3 Å². The Morgan fingerprint density at radius 1 is 1.13 bits per heavy atom. The first kappa shape index (κ1) is 23.3. The average molecular weight is 416 g/mol. The maximum atomic E-state index is 13.4. The van der Waals surface area contributed by atoms with E-state index in [1.165, 1.54) is 17.0 Å². The van der Waals surface area contributed by atoms with Crippen LogP contribution in [-0.2, 0) is 23.1 Å². The van der Waals surface area contributed by atoms with Gasteiger partial charge in [0.2, 0.25) is 5.91 Å². The molecule has 0 N–H and O–H groups in total. The molecule has 30 heavy (non-hydrogen) atoms. The standard InChI is InChI=1S/C23H29FN2O4/c1-7-19(27)26(13-17-9-11-18(24)12-10-17)16(5)22(28)20-14(3)21(23(29)30-8-2)25(6)15(20)4/h9-12,16H,7-8,13H2,1-6H3. The largest absolute Gasteiger partial charge is 0.461 e. The number of Topliss-reactive ketones (excluding diaryl/α,β-unsaturated/α-hetero) is 1. The topological polar surface area (TPSA) is 68.6 Å². The maximum Gasteiger partial charge on any atom is 0.355 e. The summed E-state index contributed by atoms with van der Waals surface area (Å²) in [6.07, 6.45) is 0.236. The van der Waals surface area contributed by atoms with Crippen LogP contribution in [0.3, 0.4) is 0 Å². The van der Waals surface area contributed by atoms with Gasteiger partial charge in [-0.2, -0.15) is 0 Å². The minimum absolute atomic E-state index is 0.183. The number of esters is 1. The van der Waals surface area contributed by atoms with E-state index in [0.717, 1.165) is 5.56 Å². The van der Waals surface area contributed by atoms with Crippen LogP contribution >= 0.6 is 0 Å². The number of halogens is 1. The van der Waals surface area contributed by atoms with Crippen LogP contribution in [0.2, 0.25) is 0 Å². The monoisotopic (exact) mass is 416 g/mol. The number of hydrogen-bond acceptors (Lipinski definition) is 4. The molecule has 6 nitrogen and oxygen atoms in total. The van der Waals surface area contributed by atoms with Gasteiger partial charge in [0.1, 0.15) is 11.5 Å². The summed E-state index contributed by atoms with van der Waals surface area (Å²) < 4.78 is 20.0. The third-order valence-corrected chi connectivity index (χ3v) is 5.38. The molecule has 0 radical (unpaired) electrons. The van der Waals surface area contributed by atoms with Crippen molar-refractivity contribution in [3.05, 3.63) is 58.2 Å². The number of carbonyl (C=O) groups is 3. The molecule has 0 bridgehead atoms. The van der Waals surface area contributed by atoms with E-state index in [0.29, 0.717) is 22.5 Å². The van der Waals surface area contributed by atoms with E-state index in [-0.39, 0.29) is 37.1 Å². The molecule has 1 unspecified atom stereocenters. The van der Waals surface area contributed by atoms with E-state index in [2.05, 4.69) is 0 Å². The summed E-state index contributed by atoms with van der Waals surface area (Å²) in [5.74, 6) is -1.28. The van der Waals surface area contributed by atoms with Gasteiger partial charge in [-0.1, -0.05) is 19.1 Å². The highest BCUT2D eigenvalue weighted by Crippen LogP contribution is 2.25. The third kappa shape index (κ3) is 4.61. The summed E-state index contributed by atoms with van der Waals surface area (Å²) in [6, 6.07) is 5.10. The van der Waals surface area contributed by atoms with Crippen molar-refractivity contribution >= 4 is 17.7 Å². The minimum Gasteiger partial charge on any atom is -0.461 e. The summed E-state index contributed by atoms with van der Waals surface area (Å²) in [5, 5.41) is 0. The first-order chi connectivity index (χ1) is 14.1. The lowest BCUT2D eigenvalue weighted by Crippen LogP contribution is -2.42. The van der Waals surface area contributed by atoms with Gasteiger partial charge in [0.25, 0.3) is 0 Å². The first-order valence-corrected chi connectivity index (χ1v) is 10.0. The highest BCUT2D eigenvalue weighted by atomic mass is 19.1. The Bertz CT molecular complexity index is 947. The fourth-order valence-electron chi connectivity index (χ4n) is 3.61. The van der Waals surface area contributed by atoms with Gasteiger partial charge in [0.15, 0.2) is 5.78 Å². The Labute approximate surface area is 176 Å². The van der Waals surface area contributed by atoms with Crippen molar-refractivity contribution in [2.45, 2.75) is 53.6 Å². The molecule has 1 aromatic heterocycles. The number of hydrogen-bond donors (Lipinski definition) is 0. The maximum absolute atomic E-state index is 13.4. The summed E-state index contributed by atoms with van der Waals surface area (Å²) in [5.41, 5.74) is 2.65. The fraction of sp³-hybridized carbons (Fsp3) is 0.435. The molecule has 1 heterocycles. The summed E-state index contributed by atoms with van der Waals surface area (Å²) >= 11 is 0. The fourth-order valence-corrected chi connectivity index (χ4v) is 3.61. The number of aromatic nitrogens is 1. The molecule has 0 saturated heterocycles. The van der Waals surface area contributed by atoms with E-state index in [1.54, 1.807) is 58.4 Å². The van der Waals surface area contributed by atoms with Crippen LogP contribution in [0.15, 0.2) is 24.3 Å². The van der Waals surface area contributed by atoms with Gasteiger partial charge in [-0.3, -0.25) is 9.59 Å². The number of benzene rings is 1. The molecule has 0 aliphatic heterocycles.